The SMILES string of the molecule is CCCN(C)S(=O)(=O)c1ccc(CNC)cn1. The molecule has 0 atom stereocenters. The molecule has 0 aromatic carbocycles. The van der Waals surface area contributed by atoms with Gasteiger partial charge in [-0.25, -0.2) is 13.4 Å². The Labute approximate surface area is 103 Å². The van der Waals surface area contributed by atoms with E-state index in [2.05, 4.69) is 10.3 Å². The molecular formula is C11H19N3O2S. The van der Waals surface area contributed by atoms with Gasteiger partial charge < -0.3 is 5.32 Å². The van der Waals surface area contributed by atoms with Crippen LogP contribution in [0.1, 0.15) is 18.9 Å². The Bertz CT molecular complexity index is 442. The van der Waals surface area contributed by atoms with Crippen LogP contribution in [0.3, 0.4) is 0 Å². The van der Waals surface area contributed by atoms with Crippen LogP contribution in [0.2, 0.25) is 0 Å². The van der Waals surface area contributed by atoms with E-state index in [0.717, 1.165) is 12.0 Å². The molecule has 1 rings (SSSR count). The van der Waals surface area contributed by atoms with E-state index in [-0.39, 0.29) is 5.03 Å². The van der Waals surface area contributed by atoms with E-state index in [1.165, 1.54) is 4.31 Å². The highest BCUT2D eigenvalue weighted by atomic mass is 32.2. The normalized spacial score (nSPS) is 12.0. The Kier molecular flexibility index (Phi) is 5.04. The smallest absolute Gasteiger partial charge is 0.260 e. The van der Waals surface area contributed by atoms with Crippen molar-refractivity contribution in [2.45, 2.75) is 24.9 Å². The Hall–Kier alpha value is -0.980. The summed E-state index contributed by atoms with van der Waals surface area (Å²) in [6, 6.07) is 3.32. The molecule has 96 valence electrons. The summed E-state index contributed by atoms with van der Waals surface area (Å²) in [4.78, 5) is 4.00. The quantitative estimate of drug-likeness (QED) is 0.820. The summed E-state index contributed by atoms with van der Waals surface area (Å²) in [6.07, 6.45) is 2.37. The minimum Gasteiger partial charge on any atom is -0.316 e. The molecule has 0 aliphatic carbocycles. The Morgan fingerprint density at radius 2 is 2.12 bits per heavy atom. The first-order valence-electron chi connectivity index (χ1n) is 5.58. The van der Waals surface area contributed by atoms with Crippen LogP contribution in [-0.2, 0) is 16.6 Å². The van der Waals surface area contributed by atoms with Gasteiger partial charge in [0, 0.05) is 26.3 Å². The van der Waals surface area contributed by atoms with E-state index in [9.17, 15) is 8.42 Å². The number of nitrogens with zero attached hydrogens (tertiary/aromatic N) is 2. The van der Waals surface area contributed by atoms with E-state index in [1.54, 1.807) is 25.4 Å². The largest absolute Gasteiger partial charge is 0.316 e. The zero-order valence-corrected chi connectivity index (χ0v) is 11.3. The maximum atomic E-state index is 12.0. The van der Waals surface area contributed by atoms with Gasteiger partial charge in [-0.15, -0.1) is 0 Å². The Morgan fingerprint density at radius 3 is 2.59 bits per heavy atom. The van der Waals surface area contributed by atoms with Crippen LogP contribution in [0.4, 0.5) is 0 Å². The topological polar surface area (TPSA) is 62.3 Å². The summed E-state index contributed by atoms with van der Waals surface area (Å²) in [7, 11) is -0.0266. The van der Waals surface area contributed by atoms with E-state index in [1.807, 2.05) is 14.0 Å². The van der Waals surface area contributed by atoms with Gasteiger partial charge in [-0.05, 0) is 25.1 Å². The third kappa shape index (κ3) is 3.49. The summed E-state index contributed by atoms with van der Waals surface area (Å²) >= 11 is 0. The summed E-state index contributed by atoms with van der Waals surface area (Å²) in [6.45, 7) is 3.12. The second-order valence-corrected chi connectivity index (χ2v) is 5.85. The molecule has 0 fully saturated rings. The highest BCUT2D eigenvalue weighted by molar-refractivity contribution is 7.89. The van der Waals surface area contributed by atoms with Crippen LogP contribution >= 0.6 is 0 Å². The van der Waals surface area contributed by atoms with Crippen molar-refractivity contribution < 1.29 is 8.42 Å². The van der Waals surface area contributed by atoms with Gasteiger partial charge in [0.15, 0.2) is 5.03 Å². The molecule has 6 heteroatoms. The lowest BCUT2D eigenvalue weighted by Gasteiger charge is -2.15. The monoisotopic (exact) mass is 257 g/mol. The first kappa shape index (κ1) is 14.1. The van der Waals surface area contributed by atoms with E-state index in [0.29, 0.717) is 13.1 Å². The van der Waals surface area contributed by atoms with E-state index in [4.69, 9.17) is 0 Å². The molecule has 0 aliphatic heterocycles. The first-order chi connectivity index (χ1) is 8.02. The standard InChI is InChI=1S/C11H19N3O2S/c1-4-7-14(3)17(15,16)11-6-5-10(8-12-2)9-13-11/h5-6,9,12H,4,7-8H2,1-3H3. The molecule has 1 aromatic rings. The van der Waals surface area contributed by atoms with Crippen molar-refractivity contribution >= 4 is 10.0 Å². The van der Waals surface area contributed by atoms with Gasteiger partial charge >= 0.3 is 0 Å². The molecule has 0 saturated carbocycles. The average Bonchev–Trinajstić information content (AvgIpc) is 2.30. The van der Waals surface area contributed by atoms with Gasteiger partial charge in [0.2, 0.25) is 0 Å². The van der Waals surface area contributed by atoms with Crippen molar-refractivity contribution in [3.63, 3.8) is 0 Å². The summed E-state index contributed by atoms with van der Waals surface area (Å²) in [5, 5.41) is 3.09. The van der Waals surface area contributed by atoms with Gasteiger partial charge in [0.05, 0.1) is 0 Å². The molecule has 1 N–H and O–H groups in total. The van der Waals surface area contributed by atoms with Crippen molar-refractivity contribution in [3.8, 4) is 0 Å². The lowest BCUT2D eigenvalue weighted by Crippen LogP contribution is -2.28. The van der Waals surface area contributed by atoms with Crippen LogP contribution in [0.15, 0.2) is 23.4 Å². The van der Waals surface area contributed by atoms with Crippen molar-refractivity contribution in [3.05, 3.63) is 23.9 Å². The molecule has 0 radical (unpaired) electrons. The highest BCUT2D eigenvalue weighted by Gasteiger charge is 2.20. The summed E-state index contributed by atoms with van der Waals surface area (Å²) in [5.74, 6) is 0. The fourth-order valence-corrected chi connectivity index (χ4v) is 2.64. The predicted molar refractivity (Wildman–Crippen MR) is 67.1 cm³/mol. The number of hydrogen-bond donors (Lipinski definition) is 1. The van der Waals surface area contributed by atoms with Crippen molar-refractivity contribution in [2.24, 2.45) is 0 Å². The van der Waals surface area contributed by atoms with Crippen molar-refractivity contribution in [1.82, 2.24) is 14.6 Å². The molecule has 0 unspecified atom stereocenters. The Morgan fingerprint density at radius 1 is 1.41 bits per heavy atom. The van der Waals surface area contributed by atoms with Gasteiger partial charge in [0.1, 0.15) is 0 Å². The molecule has 1 aromatic heterocycles. The number of aromatic nitrogens is 1. The molecule has 0 amide bonds. The number of pyridine rings is 1. The summed E-state index contributed by atoms with van der Waals surface area (Å²) < 4.78 is 25.4. The zero-order valence-electron chi connectivity index (χ0n) is 10.5. The average molecular weight is 257 g/mol. The zero-order chi connectivity index (χ0) is 12.9. The molecule has 17 heavy (non-hydrogen) atoms. The van der Waals surface area contributed by atoms with Crippen LogP contribution in [0.5, 0.6) is 0 Å². The molecule has 0 saturated heterocycles. The third-order valence-electron chi connectivity index (χ3n) is 2.39. The number of rotatable bonds is 6. The second kappa shape index (κ2) is 6.09. The first-order valence-corrected chi connectivity index (χ1v) is 7.02. The van der Waals surface area contributed by atoms with Gasteiger partial charge in [-0.1, -0.05) is 13.0 Å². The van der Waals surface area contributed by atoms with Crippen LogP contribution in [0.25, 0.3) is 0 Å². The Balaban J connectivity index is 2.92. The minimum absolute atomic E-state index is 0.105. The lowest BCUT2D eigenvalue weighted by atomic mass is 10.3. The summed E-state index contributed by atoms with van der Waals surface area (Å²) in [5.41, 5.74) is 0.963. The van der Waals surface area contributed by atoms with Gasteiger partial charge in [0.25, 0.3) is 10.0 Å². The lowest BCUT2D eigenvalue weighted by molar-refractivity contribution is 0.465. The molecule has 0 spiro atoms. The third-order valence-corrected chi connectivity index (χ3v) is 4.16. The molecular weight excluding hydrogens is 238 g/mol. The second-order valence-electron chi connectivity index (χ2n) is 3.86. The van der Waals surface area contributed by atoms with Crippen LogP contribution < -0.4 is 5.32 Å². The van der Waals surface area contributed by atoms with Crippen molar-refractivity contribution in [1.29, 1.82) is 0 Å². The molecule has 0 aliphatic rings. The molecule has 5 nitrogen and oxygen atoms in total. The highest BCUT2D eigenvalue weighted by Crippen LogP contribution is 2.12. The fourth-order valence-electron chi connectivity index (χ4n) is 1.47. The van der Waals surface area contributed by atoms with E-state index >= 15 is 0 Å². The van der Waals surface area contributed by atoms with Crippen molar-refractivity contribution in [2.75, 3.05) is 20.6 Å². The van der Waals surface area contributed by atoms with Crippen LogP contribution in [0, 0.1) is 0 Å². The van der Waals surface area contributed by atoms with E-state index < -0.39 is 10.0 Å². The number of sulfonamides is 1. The number of nitrogens with one attached hydrogen (secondary N) is 1. The van der Waals surface area contributed by atoms with Gasteiger partial charge in [-0.3, -0.25) is 0 Å². The van der Waals surface area contributed by atoms with Crippen LogP contribution in [-0.4, -0.2) is 38.3 Å². The predicted octanol–water partition coefficient (Wildman–Crippen LogP) is 0.831. The molecule has 0 bridgehead atoms. The number of hydrogen-bond acceptors (Lipinski definition) is 4. The maximum absolute atomic E-state index is 12.0. The minimum atomic E-state index is -3.43. The molecule has 1 heterocycles. The fraction of sp³-hybridized carbons (Fsp3) is 0.545. The maximum Gasteiger partial charge on any atom is 0.260 e. The van der Waals surface area contributed by atoms with Gasteiger partial charge in [-0.2, -0.15) is 4.31 Å².